The van der Waals surface area contributed by atoms with Crippen molar-refractivity contribution in [2.24, 2.45) is 0 Å². The molecule has 0 amide bonds. The molecule has 0 saturated heterocycles. The molecule has 20 heavy (non-hydrogen) atoms. The SMILES string of the molecule is CNCc1c(S(=O)(=O)NCc2sccc2Br)n[nH]c1C. The Hall–Kier alpha value is -0.740. The van der Waals surface area contributed by atoms with Crippen LogP contribution in [0.1, 0.15) is 16.1 Å². The van der Waals surface area contributed by atoms with Gasteiger partial charge in [-0.05, 0) is 41.3 Å². The lowest BCUT2D eigenvalue weighted by molar-refractivity contribution is 0.575. The van der Waals surface area contributed by atoms with Gasteiger partial charge in [0.25, 0.3) is 10.0 Å². The maximum absolute atomic E-state index is 12.3. The lowest BCUT2D eigenvalue weighted by Crippen LogP contribution is -2.25. The first-order valence-electron chi connectivity index (χ1n) is 5.85. The minimum atomic E-state index is -3.63. The highest BCUT2D eigenvalue weighted by molar-refractivity contribution is 9.10. The van der Waals surface area contributed by atoms with Crippen LogP contribution in [-0.2, 0) is 23.1 Å². The van der Waals surface area contributed by atoms with Crippen molar-refractivity contribution in [3.63, 3.8) is 0 Å². The van der Waals surface area contributed by atoms with E-state index in [9.17, 15) is 8.42 Å². The summed E-state index contributed by atoms with van der Waals surface area (Å²) in [6.45, 7) is 2.49. The van der Waals surface area contributed by atoms with Crippen LogP contribution in [0.4, 0.5) is 0 Å². The van der Waals surface area contributed by atoms with Crippen LogP contribution in [0.5, 0.6) is 0 Å². The smallest absolute Gasteiger partial charge is 0.260 e. The Kier molecular flexibility index (Phi) is 4.97. The van der Waals surface area contributed by atoms with E-state index in [4.69, 9.17) is 0 Å². The summed E-state index contributed by atoms with van der Waals surface area (Å²) in [5, 5.41) is 11.5. The van der Waals surface area contributed by atoms with E-state index in [0.717, 1.165) is 15.0 Å². The van der Waals surface area contributed by atoms with E-state index in [0.29, 0.717) is 12.1 Å². The Balaban J connectivity index is 2.20. The zero-order valence-electron chi connectivity index (χ0n) is 11.0. The van der Waals surface area contributed by atoms with Crippen molar-refractivity contribution in [3.8, 4) is 0 Å². The number of sulfonamides is 1. The van der Waals surface area contributed by atoms with Crippen LogP contribution in [0.25, 0.3) is 0 Å². The molecule has 2 aromatic heterocycles. The fourth-order valence-electron chi connectivity index (χ4n) is 1.72. The third kappa shape index (κ3) is 3.29. The fraction of sp³-hybridized carbons (Fsp3) is 0.364. The number of thiophene rings is 1. The van der Waals surface area contributed by atoms with Gasteiger partial charge in [0.2, 0.25) is 0 Å². The minimum absolute atomic E-state index is 0.0528. The Morgan fingerprint density at radius 2 is 2.20 bits per heavy atom. The third-order valence-electron chi connectivity index (χ3n) is 2.76. The number of rotatable bonds is 6. The summed E-state index contributed by atoms with van der Waals surface area (Å²) >= 11 is 4.87. The maximum atomic E-state index is 12.3. The number of hydrogen-bond acceptors (Lipinski definition) is 5. The molecule has 110 valence electrons. The third-order valence-corrected chi connectivity index (χ3v) is 6.06. The summed E-state index contributed by atoms with van der Waals surface area (Å²) in [6.07, 6.45) is 0. The van der Waals surface area contributed by atoms with Crippen LogP contribution in [0.2, 0.25) is 0 Å². The zero-order chi connectivity index (χ0) is 14.8. The first kappa shape index (κ1) is 15.6. The van der Waals surface area contributed by atoms with Crippen molar-refractivity contribution in [2.75, 3.05) is 7.05 Å². The molecular formula is C11H15BrN4O2S2. The molecule has 2 rings (SSSR count). The topological polar surface area (TPSA) is 86.9 Å². The van der Waals surface area contributed by atoms with Gasteiger partial charge in [0, 0.05) is 33.7 Å². The highest BCUT2D eigenvalue weighted by Crippen LogP contribution is 2.23. The van der Waals surface area contributed by atoms with Crippen molar-refractivity contribution in [1.82, 2.24) is 20.2 Å². The molecule has 0 aliphatic rings. The Morgan fingerprint density at radius 3 is 2.80 bits per heavy atom. The zero-order valence-corrected chi connectivity index (χ0v) is 14.2. The predicted octanol–water partition coefficient (Wildman–Crippen LogP) is 1.74. The van der Waals surface area contributed by atoms with Gasteiger partial charge in [-0.1, -0.05) is 0 Å². The van der Waals surface area contributed by atoms with Crippen molar-refractivity contribution in [3.05, 3.63) is 32.1 Å². The van der Waals surface area contributed by atoms with E-state index in [-0.39, 0.29) is 11.6 Å². The molecule has 6 nitrogen and oxygen atoms in total. The van der Waals surface area contributed by atoms with E-state index >= 15 is 0 Å². The summed E-state index contributed by atoms with van der Waals surface area (Å²) in [4.78, 5) is 0.927. The second-order valence-electron chi connectivity index (χ2n) is 4.18. The molecular weight excluding hydrogens is 364 g/mol. The number of aryl methyl sites for hydroxylation is 1. The molecule has 0 unspecified atom stereocenters. The van der Waals surface area contributed by atoms with Crippen molar-refractivity contribution in [1.29, 1.82) is 0 Å². The molecule has 0 fully saturated rings. The fourth-order valence-corrected chi connectivity index (χ4v) is 4.43. The summed E-state index contributed by atoms with van der Waals surface area (Å²) in [5.74, 6) is 0. The number of nitrogens with one attached hydrogen (secondary N) is 3. The van der Waals surface area contributed by atoms with Crippen LogP contribution < -0.4 is 10.0 Å². The van der Waals surface area contributed by atoms with Gasteiger partial charge in [0.05, 0.1) is 0 Å². The number of hydrogen-bond donors (Lipinski definition) is 3. The lowest BCUT2D eigenvalue weighted by Gasteiger charge is -2.06. The number of aromatic amines is 1. The highest BCUT2D eigenvalue weighted by Gasteiger charge is 2.23. The Morgan fingerprint density at radius 1 is 1.45 bits per heavy atom. The second-order valence-corrected chi connectivity index (χ2v) is 7.72. The largest absolute Gasteiger partial charge is 0.316 e. The average Bonchev–Trinajstić information content (AvgIpc) is 2.95. The molecule has 9 heteroatoms. The van der Waals surface area contributed by atoms with Crippen molar-refractivity contribution < 1.29 is 8.42 Å². The van der Waals surface area contributed by atoms with Gasteiger partial charge in [-0.3, -0.25) is 5.10 Å². The summed E-state index contributed by atoms with van der Waals surface area (Å²) < 4.78 is 28.1. The molecule has 2 aromatic rings. The van der Waals surface area contributed by atoms with E-state index in [2.05, 4.69) is 36.2 Å². The van der Waals surface area contributed by atoms with E-state index in [1.807, 2.05) is 11.4 Å². The van der Waals surface area contributed by atoms with Crippen LogP contribution >= 0.6 is 27.3 Å². The molecule has 0 aliphatic heterocycles. The molecule has 0 spiro atoms. The molecule has 0 atom stereocenters. The highest BCUT2D eigenvalue weighted by atomic mass is 79.9. The van der Waals surface area contributed by atoms with Crippen LogP contribution in [0, 0.1) is 6.92 Å². The van der Waals surface area contributed by atoms with Crippen LogP contribution in [0.15, 0.2) is 20.9 Å². The van der Waals surface area contributed by atoms with Gasteiger partial charge in [0.1, 0.15) is 0 Å². The van der Waals surface area contributed by atoms with Gasteiger partial charge in [0.15, 0.2) is 5.03 Å². The number of halogens is 1. The van der Waals surface area contributed by atoms with Gasteiger partial charge in [-0.15, -0.1) is 11.3 Å². The molecule has 0 aromatic carbocycles. The summed E-state index contributed by atoms with van der Waals surface area (Å²) in [7, 11) is -1.87. The first-order chi connectivity index (χ1) is 9.45. The van der Waals surface area contributed by atoms with Crippen LogP contribution in [-0.4, -0.2) is 25.7 Å². The summed E-state index contributed by atoms with van der Waals surface area (Å²) in [5.41, 5.74) is 1.40. The standard InChI is InChI=1S/C11H15BrN4O2S2/c1-7-8(5-13-2)11(16-15-7)20(17,18)14-6-10-9(12)3-4-19-10/h3-4,13-14H,5-6H2,1-2H3,(H,15,16). The van der Waals surface area contributed by atoms with E-state index < -0.39 is 10.0 Å². The second kappa shape index (κ2) is 6.35. The molecule has 0 aliphatic carbocycles. The van der Waals surface area contributed by atoms with Crippen molar-refractivity contribution >= 4 is 37.3 Å². The van der Waals surface area contributed by atoms with E-state index in [1.165, 1.54) is 11.3 Å². The van der Waals surface area contributed by atoms with E-state index in [1.54, 1.807) is 14.0 Å². The minimum Gasteiger partial charge on any atom is -0.316 e. The molecule has 0 saturated carbocycles. The maximum Gasteiger partial charge on any atom is 0.260 e. The Labute approximate surface area is 130 Å². The van der Waals surface area contributed by atoms with Gasteiger partial charge < -0.3 is 5.32 Å². The first-order valence-corrected chi connectivity index (χ1v) is 9.01. The molecule has 2 heterocycles. The molecule has 0 radical (unpaired) electrons. The average molecular weight is 379 g/mol. The summed E-state index contributed by atoms with van der Waals surface area (Å²) in [6, 6.07) is 1.89. The van der Waals surface area contributed by atoms with Gasteiger partial charge >= 0.3 is 0 Å². The lowest BCUT2D eigenvalue weighted by atomic mass is 10.3. The van der Waals surface area contributed by atoms with Crippen LogP contribution in [0.3, 0.4) is 0 Å². The Bertz CT molecular complexity index is 693. The molecule has 3 N–H and O–H groups in total. The monoisotopic (exact) mass is 378 g/mol. The number of nitrogens with zero attached hydrogens (tertiary/aromatic N) is 1. The normalized spacial score (nSPS) is 11.9. The van der Waals surface area contributed by atoms with Crippen molar-refractivity contribution in [2.45, 2.75) is 25.0 Å². The number of aromatic nitrogens is 2. The van der Waals surface area contributed by atoms with Gasteiger partial charge in [-0.25, -0.2) is 13.1 Å². The predicted molar refractivity (Wildman–Crippen MR) is 82.1 cm³/mol. The molecule has 0 bridgehead atoms. The quantitative estimate of drug-likeness (QED) is 0.714. The van der Waals surface area contributed by atoms with Gasteiger partial charge in [-0.2, -0.15) is 5.10 Å². The number of H-pyrrole nitrogens is 1.